The van der Waals surface area contributed by atoms with Crippen LogP contribution in [-0.2, 0) is 24.1 Å². The van der Waals surface area contributed by atoms with Gasteiger partial charge in [0.2, 0.25) is 0 Å². The van der Waals surface area contributed by atoms with E-state index in [0.29, 0.717) is 31.5 Å². The van der Waals surface area contributed by atoms with Gasteiger partial charge < -0.3 is 9.30 Å². The lowest BCUT2D eigenvalue weighted by atomic mass is 9.99. The Morgan fingerprint density at radius 1 is 1.34 bits per heavy atom. The minimum absolute atomic E-state index is 0.150. The molecule has 1 aromatic heterocycles. The second-order valence-corrected chi connectivity index (χ2v) is 9.54. The van der Waals surface area contributed by atoms with Gasteiger partial charge in [-0.25, -0.2) is 14.2 Å². The van der Waals surface area contributed by atoms with Crippen LogP contribution in [0.1, 0.15) is 62.8 Å². The lowest BCUT2D eigenvalue weighted by molar-refractivity contribution is 0.00934. The van der Waals surface area contributed by atoms with Gasteiger partial charge in [-0.1, -0.05) is 19.1 Å². The number of ether oxygens (including phenoxy) is 1. The highest BCUT2D eigenvalue weighted by Gasteiger charge is 2.36. The van der Waals surface area contributed by atoms with E-state index in [-0.39, 0.29) is 18.0 Å². The first kappa shape index (κ1) is 22.1. The number of nitrogens with zero attached hydrogens (tertiary/aromatic N) is 3. The van der Waals surface area contributed by atoms with Gasteiger partial charge in [-0.2, -0.15) is 0 Å². The number of aromatic nitrogens is 2. The normalized spacial score (nSPS) is 16.7. The third kappa shape index (κ3) is 4.92. The van der Waals surface area contributed by atoms with Gasteiger partial charge >= 0.3 is 6.09 Å². The van der Waals surface area contributed by atoms with Crippen LogP contribution in [0.25, 0.3) is 0 Å². The second-order valence-electron chi connectivity index (χ2n) is 8.52. The Hall–Kier alpha value is -1.64. The van der Waals surface area contributed by atoms with E-state index in [1.165, 1.54) is 0 Å². The Labute approximate surface area is 185 Å². The number of carbonyl (C=O) groups excluding carboxylic acids is 1. The number of rotatable bonds is 4. The van der Waals surface area contributed by atoms with Gasteiger partial charge in [0.25, 0.3) is 0 Å². The van der Waals surface area contributed by atoms with Gasteiger partial charge in [-0.15, -0.1) is 0 Å². The van der Waals surface area contributed by atoms with Crippen LogP contribution in [0.2, 0.25) is 0 Å². The summed E-state index contributed by atoms with van der Waals surface area (Å²) in [5.74, 6) is 0.850. The maximum absolute atomic E-state index is 14.0. The Morgan fingerprint density at radius 3 is 2.69 bits per heavy atom. The van der Waals surface area contributed by atoms with Crippen molar-refractivity contribution in [2.24, 2.45) is 0 Å². The van der Waals surface area contributed by atoms with E-state index < -0.39 is 5.60 Å². The summed E-state index contributed by atoms with van der Waals surface area (Å²) in [6.07, 6.45) is 1.90. The first-order valence-corrected chi connectivity index (χ1v) is 11.2. The molecule has 0 N–H and O–H groups in total. The Kier molecular flexibility index (Phi) is 6.55. The number of imidazole rings is 1. The Morgan fingerprint density at radius 2 is 2.07 bits per heavy atom. The largest absolute Gasteiger partial charge is 0.444 e. The summed E-state index contributed by atoms with van der Waals surface area (Å²) < 4.78 is 22.8. The molecule has 1 unspecified atom stereocenters. The minimum atomic E-state index is -0.554. The van der Waals surface area contributed by atoms with Gasteiger partial charge in [0.1, 0.15) is 20.9 Å². The molecule has 0 aliphatic carbocycles. The zero-order valence-electron chi connectivity index (χ0n) is 17.8. The van der Waals surface area contributed by atoms with Crippen LogP contribution in [0.15, 0.2) is 18.2 Å². The van der Waals surface area contributed by atoms with Crippen molar-refractivity contribution < 1.29 is 13.9 Å². The number of halogens is 2. The fraction of sp³-hybridized carbons (Fsp3) is 0.545. The predicted molar refractivity (Wildman–Crippen MR) is 119 cm³/mol. The number of aryl methyl sites for hydroxylation is 3. The van der Waals surface area contributed by atoms with Crippen molar-refractivity contribution in [1.82, 2.24) is 14.5 Å². The number of hydrogen-bond acceptors (Lipinski definition) is 3. The van der Waals surface area contributed by atoms with Crippen molar-refractivity contribution in [3.8, 4) is 0 Å². The van der Waals surface area contributed by atoms with Crippen LogP contribution in [0.4, 0.5) is 9.18 Å². The molecule has 5 nitrogen and oxygen atoms in total. The molecule has 3 rings (SSSR count). The number of fused-ring (bicyclic) bond motifs is 1. The van der Waals surface area contributed by atoms with E-state index in [4.69, 9.17) is 9.72 Å². The highest BCUT2D eigenvalue weighted by atomic mass is 127. The smallest absolute Gasteiger partial charge is 0.410 e. The maximum atomic E-state index is 14.0. The molecule has 2 heterocycles. The second kappa shape index (κ2) is 8.62. The van der Waals surface area contributed by atoms with Crippen molar-refractivity contribution in [3.63, 3.8) is 0 Å². The standard InChI is InChI=1S/C22H29FIN3O2/c1-6-18-25-20(24)19-17(10-9-15-8-7-14(2)16(23)13-15)26(11-12-27(18)19)21(28)29-22(3,4)5/h7-8,13,17H,6,9-12H2,1-5H3. The summed E-state index contributed by atoms with van der Waals surface area (Å²) in [7, 11) is 0. The Balaban J connectivity index is 1.91. The van der Waals surface area contributed by atoms with Gasteiger partial charge in [0.15, 0.2) is 0 Å². The molecule has 29 heavy (non-hydrogen) atoms. The molecule has 1 aromatic carbocycles. The predicted octanol–water partition coefficient (Wildman–Crippen LogP) is 5.42. The summed E-state index contributed by atoms with van der Waals surface area (Å²) in [6, 6.07) is 5.21. The van der Waals surface area contributed by atoms with Crippen molar-refractivity contribution in [3.05, 3.63) is 50.4 Å². The van der Waals surface area contributed by atoms with Gasteiger partial charge in [0, 0.05) is 19.5 Å². The zero-order valence-corrected chi connectivity index (χ0v) is 19.9. The van der Waals surface area contributed by atoms with Crippen molar-refractivity contribution in [2.75, 3.05) is 6.54 Å². The van der Waals surface area contributed by atoms with Crippen molar-refractivity contribution in [1.29, 1.82) is 0 Å². The van der Waals surface area contributed by atoms with E-state index in [2.05, 4.69) is 34.1 Å². The fourth-order valence-corrected chi connectivity index (χ4v) is 4.69. The first-order valence-electron chi connectivity index (χ1n) is 10.1. The number of hydrogen-bond donors (Lipinski definition) is 0. The maximum Gasteiger partial charge on any atom is 0.410 e. The Bertz CT molecular complexity index is 904. The molecule has 1 aliphatic rings. The van der Waals surface area contributed by atoms with E-state index >= 15 is 0 Å². The molecule has 1 aliphatic heterocycles. The van der Waals surface area contributed by atoms with Crippen LogP contribution >= 0.6 is 22.6 Å². The van der Waals surface area contributed by atoms with E-state index in [1.54, 1.807) is 19.1 Å². The number of benzene rings is 1. The molecule has 0 spiro atoms. The third-order valence-corrected chi connectivity index (χ3v) is 5.98. The molecule has 158 valence electrons. The molecule has 2 aromatic rings. The van der Waals surface area contributed by atoms with E-state index in [9.17, 15) is 9.18 Å². The summed E-state index contributed by atoms with van der Waals surface area (Å²) in [6.45, 7) is 10.8. The molecule has 1 amide bonds. The van der Waals surface area contributed by atoms with Gasteiger partial charge in [0.05, 0.1) is 11.7 Å². The zero-order chi connectivity index (χ0) is 21.3. The highest BCUT2D eigenvalue weighted by molar-refractivity contribution is 14.1. The summed E-state index contributed by atoms with van der Waals surface area (Å²) >= 11 is 2.26. The molecule has 1 atom stereocenters. The monoisotopic (exact) mass is 513 g/mol. The van der Waals surface area contributed by atoms with Crippen LogP contribution in [-0.4, -0.2) is 32.7 Å². The number of amides is 1. The minimum Gasteiger partial charge on any atom is -0.444 e. The van der Waals surface area contributed by atoms with Gasteiger partial charge in [-0.3, -0.25) is 4.90 Å². The highest BCUT2D eigenvalue weighted by Crippen LogP contribution is 2.35. The molecule has 0 radical (unpaired) electrons. The average molecular weight is 513 g/mol. The molecular formula is C22H29FIN3O2. The summed E-state index contributed by atoms with van der Waals surface area (Å²) in [5.41, 5.74) is 2.08. The van der Waals surface area contributed by atoms with Crippen molar-refractivity contribution in [2.45, 2.75) is 72.1 Å². The molecular weight excluding hydrogens is 484 g/mol. The lowest BCUT2D eigenvalue weighted by Gasteiger charge is -2.38. The summed E-state index contributed by atoms with van der Waals surface area (Å²) in [4.78, 5) is 19.5. The number of carbonyl (C=O) groups is 1. The molecule has 0 fully saturated rings. The third-order valence-electron chi connectivity index (χ3n) is 5.18. The van der Waals surface area contributed by atoms with Crippen LogP contribution in [0.3, 0.4) is 0 Å². The first-order chi connectivity index (χ1) is 13.6. The fourth-order valence-electron chi connectivity index (χ4n) is 3.76. The average Bonchev–Trinajstić information content (AvgIpc) is 2.97. The molecule has 0 saturated carbocycles. The van der Waals surface area contributed by atoms with Crippen LogP contribution in [0.5, 0.6) is 0 Å². The van der Waals surface area contributed by atoms with Gasteiger partial charge in [-0.05, 0) is 80.3 Å². The molecule has 0 saturated heterocycles. The van der Waals surface area contributed by atoms with E-state index in [0.717, 1.165) is 27.2 Å². The topological polar surface area (TPSA) is 47.4 Å². The SMILES string of the molecule is CCc1nc(I)c2n1CCN(C(=O)OC(C)(C)C)C2CCc1ccc(C)c(F)c1. The van der Waals surface area contributed by atoms with Crippen molar-refractivity contribution >= 4 is 28.7 Å². The quantitative estimate of drug-likeness (QED) is 0.513. The molecule has 0 bridgehead atoms. The molecule has 7 heteroatoms. The summed E-state index contributed by atoms with van der Waals surface area (Å²) in [5, 5.41) is 0. The van der Waals surface area contributed by atoms with E-state index in [1.807, 2.05) is 31.7 Å². The van der Waals surface area contributed by atoms with Crippen LogP contribution in [0, 0.1) is 16.4 Å². The lowest BCUT2D eigenvalue weighted by Crippen LogP contribution is -2.45. The van der Waals surface area contributed by atoms with Crippen LogP contribution < -0.4 is 0 Å².